The lowest BCUT2D eigenvalue weighted by Crippen LogP contribution is -2.42. The number of aromatic nitrogens is 2. The second kappa shape index (κ2) is 10.5. The summed E-state index contributed by atoms with van der Waals surface area (Å²) in [5.74, 6) is -0.846. The summed E-state index contributed by atoms with van der Waals surface area (Å²) in [6.07, 6.45) is -2.12. The number of aliphatic carboxylic acids is 1. The largest absolute Gasteiger partial charge is 0.481 e. The first-order chi connectivity index (χ1) is 15.5. The third-order valence-corrected chi connectivity index (χ3v) is 5.71. The van der Waals surface area contributed by atoms with E-state index in [1.807, 2.05) is 25.1 Å². The van der Waals surface area contributed by atoms with Crippen molar-refractivity contribution in [2.45, 2.75) is 58.2 Å². The summed E-state index contributed by atoms with van der Waals surface area (Å²) < 4.78 is 44.7. The second-order valence-corrected chi connectivity index (χ2v) is 8.93. The van der Waals surface area contributed by atoms with Gasteiger partial charge in [0.2, 0.25) is 5.95 Å². The van der Waals surface area contributed by atoms with Crippen molar-refractivity contribution in [1.82, 2.24) is 9.97 Å². The van der Waals surface area contributed by atoms with Crippen molar-refractivity contribution in [1.29, 1.82) is 0 Å². The number of carboxylic acids is 1. The molecule has 1 saturated heterocycles. The van der Waals surface area contributed by atoms with Crippen LogP contribution >= 0.6 is 0 Å². The highest BCUT2D eigenvalue weighted by Crippen LogP contribution is 2.36. The topological polar surface area (TPSA) is 90.5 Å². The number of ether oxygens (including phenoxy) is 1. The number of aromatic amines is 1. The Balaban J connectivity index is 2.01. The number of H-pyrrole nitrogens is 1. The number of carboxylic acid groups (broad SMARTS) is 1. The molecule has 10 heteroatoms. The van der Waals surface area contributed by atoms with Crippen LogP contribution in [0.1, 0.15) is 57.2 Å². The smallest absolute Gasteiger partial charge is 0.432 e. The number of halogens is 3. The molecule has 0 amide bonds. The van der Waals surface area contributed by atoms with Gasteiger partial charge in [0.25, 0.3) is 0 Å². The molecule has 1 atom stereocenters. The van der Waals surface area contributed by atoms with Gasteiger partial charge in [0.05, 0.1) is 24.0 Å². The van der Waals surface area contributed by atoms with Crippen molar-refractivity contribution in [3.05, 3.63) is 35.7 Å². The number of hydrogen-bond donors (Lipinski definition) is 3. The van der Waals surface area contributed by atoms with E-state index in [2.05, 4.69) is 34.0 Å². The molecule has 7 nitrogen and oxygen atoms in total. The molecular formula is C23H31F3N4O3. The Morgan fingerprint density at radius 1 is 1.30 bits per heavy atom. The van der Waals surface area contributed by atoms with Gasteiger partial charge in [-0.25, -0.2) is 4.98 Å². The second-order valence-electron chi connectivity index (χ2n) is 8.93. The van der Waals surface area contributed by atoms with E-state index in [0.29, 0.717) is 24.8 Å². The van der Waals surface area contributed by atoms with Crippen molar-refractivity contribution < 1.29 is 27.8 Å². The average molecular weight is 469 g/mol. The van der Waals surface area contributed by atoms with Gasteiger partial charge in [0.1, 0.15) is 5.69 Å². The third-order valence-electron chi connectivity index (χ3n) is 5.71. The van der Waals surface area contributed by atoms with E-state index in [0.717, 1.165) is 36.8 Å². The van der Waals surface area contributed by atoms with E-state index in [1.165, 1.54) is 0 Å². The van der Waals surface area contributed by atoms with Gasteiger partial charge in [0.15, 0.2) is 0 Å². The fourth-order valence-corrected chi connectivity index (χ4v) is 4.08. The Morgan fingerprint density at radius 2 is 2.00 bits per heavy atom. The summed E-state index contributed by atoms with van der Waals surface area (Å²) in [4.78, 5) is 19.6. The molecule has 2 aromatic rings. The number of imidazole rings is 1. The van der Waals surface area contributed by atoms with Crippen LogP contribution < -0.4 is 10.2 Å². The zero-order chi connectivity index (χ0) is 24.2. The van der Waals surface area contributed by atoms with Gasteiger partial charge < -0.3 is 25.0 Å². The fraction of sp³-hybridized carbons (Fsp3) is 0.565. The number of nitrogens with one attached hydrogen (secondary N) is 2. The van der Waals surface area contributed by atoms with Crippen LogP contribution in [-0.2, 0) is 15.7 Å². The van der Waals surface area contributed by atoms with Crippen molar-refractivity contribution in [3.63, 3.8) is 0 Å². The van der Waals surface area contributed by atoms with E-state index in [1.54, 1.807) is 0 Å². The van der Waals surface area contributed by atoms with Gasteiger partial charge in [-0.2, -0.15) is 13.2 Å². The van der Waals surface area contributed by atoms with Gasteiger partial charge in [-0.15, -0.1) is 0 Å². The van der Waals surface area contributed by atoms with Crippen molar-refractivity contribution in [2.75, 3.05) is 30.0 Å². The summed E-state index contributed by atoms with van der Waals surface area (Å²) in [6.45, 7) is 8.11. The van der Waals surface area contributed by atoms with Crippen LogP contribution in [0, 0.1) is 5.92 Å². The molecule has 1 aliphatic rings. The lowest BCUT2D eigenvalue weighted by Gasteiger charge is -2.38. The zero-order valence-electron chi connectivity index (χ0n) is 19.1. The molecule has 1 aromatic carbocycles. The molecule has 33 heavy (non-hydrogen) atoms. The summed E-state index contributed by atoms with van der Waals surface area (Å²) in [6, 6.07) is 5.85. The maximum absolute atomic E-state index is 13.1. The van der Waals surface area contributed by atoms with E-state index >= 15 is 0 Å². The Labute approximate surface area is 191 Å². The van der Waals surface area contributed by atoms with Crippen LogP contribution in [0.25, 0.3) is 0 Å². The summed E-state index contributed by atoms with van der Waals surface area (Å²) in [7, 11) is 0. The highest BCUT2D eigenvalue weighted by molar-refractivity contribution is 5.75. The van der Waals surface area contributed by atoms with Crippen LogP contribution in [0.15, 0.2) is 24.4 Å². The molecule has 3 rings (SSSR count). The average Bonchev–Trinajstić information content (AvgIpc) is 3.21. The molecule has 0 radical (unpaired) electrons. The Morgan fingerprint density at radius 3 is 2.58 bits per heavy atom. The summed E-state index contributed by atoms with van der Waals surface area (Å²) in [5, 5.41) is 12.2. The van der Waals surface area contributed by atoms with Gasteiger partial charge in [-0.3, -0.25) is 4.79 Å². The third kappa shape index (κ3) is 6.63. The van der Waals surface area contributed by atoms with Crippen LogP contribution in [0.5, 0.6) is 0 Å². The first kappa shape index (κ1) is 24.9. The quantitative estimate of drug-likeness (QED) is 0.457. The van der Waals surface area contributed by atoms with Gasteiger partial charge in [0, 0.05) is 25.8 Å². The first-order valence-corrected chi connectivity index (χ1v) is 11.1. The standard InChI is InChI=1S/C23H31F3N4O3/c1-14(2)13-30(17-6-8-33-9-7-17)19-5-4-16(15(3)10-21(31)32)11-18(19)28-22-27-12-20(29-22)23(24,25)26/h4-5,11-12,14-15,17H,6-10,13H2,1-3H3,(H,31,32)(H2,27,28,29). The van der Waals surface area contributed by atoms with Gasteiger partial charge >= 0.3 is 12.1 Å². The maximum atomic E-state index is 13.1. The molecule has 0 saturated carbocycles. The van der Waals surface area contributed by atoms with E-state index in [-0.39, 0.29) is 24.3 Å². The minimum atomic E-state index is -4.53. The number of anilines is 3. The predicted octanol–water partition coefficient (Wildman–Crippen LogP) is 5.39. The van der Waals surface area contributed by atoms with E-state index < -0.39 is 17.8 Å². The molecule has 0 bridgehead atoms. The molecule has 1 fully saturated rings. The Bertz CT molecular complexity index is 939. The molecule has 1 aliphatic heterocycles. The highest BCUT2D eigenvalue weighted by Gasteiger charge is 2.33. The molecule has 1 unspecified atom stereocenters. The van der Waals surface area contributed by atoms with Crippen LogP contribution in [0.4, 0.5) is 30.5 Å². The van der Waals surface area contributed by atoms with Gasteiger partial charge in [-0.05, 0) is 42.4 Å². The number of nitrogens with zero attached hydrogens (tertiary/aromatic N) is 2. The van der Waals surface area contributed by atoms with Crippen LogP contribution in [0.3, 0.4) is 0 Å². The normalized spacial score (nSPS) is 16.1. The minimum absolute atomic E-state index is 0.0249. The molecular weight excluding hydrogens is 437 g/mol. The predicted molar refractivity (Wildman–Crippen MR) is 120 cm³/mol. The molecule has 3 N–H and O–H groups in total. The van der Waals surface area contributed by atoms with Crippen molar-refractivity contribution in [3.8, 4) is 0 Å². The number of alkyl halides is 3. The number of carbonyl (C=O) groups is 1. The Kier molecular flexibility index (Phi) is 7.88. The van der Waals surface area contributed by atoms with Gasteiger partial charge in [-0.1, -0.05) is 26.8 Å². The lowest BCUT2D eigenvalue weighted by molar-refractivity contribution is -0.141. The number of benzene rings is 1. The zero-order valence-corrected chi connectivity index (χ0v) is 19.1. The molecule has 0 spiro atoms. The van der Waals surface area contributed by atoms with Crippen molar-refractivity contribution >= 4 is 23.3 Å². The van der Waals surface area contributed by atoms with Crippen LogP contribution in [0.2, 0.25) is 0 Å². The summed E-state index contributed by atoms with van der Waals surface area (Å²) >= 11 is 0. The SMILES string of the molecule is CC(C)CN(c1ccc(C(C)CC(=O)O)cc1Nc1ncc(C(F)(F)F)[nH]1)C1CCOCC1. The monoisotopic (exact) mass is 468 g/mol. The maximum Gasteiger partial charge on any atom is 0.432 e. The first-order valence-electron chi connectivity index (χ1n) is 11.1. The van der Waals surface area contributed by atoms with E-state index in [4.69, 9.17) is 4.74 Å². The fourth-order valence-electron chi connectivity index (χ4n) is 4.08. The van der Waals surface area contributed by atoms with E-state index in [9.17, 15) is 23.1 Å². The molecule has 2 heterocycles. The minimum Gasteiger partial charge on any atom is -0.481 e. The molecule has 1 aromatic heterocycles. The molecule has 0 aliphatic carbocycles. The highest BCUT2D eigenvalue weighted by atomic mass is 19.4. The number of hydrogen-bond acceptors (Lipinski definition) is 5. The lowest BCUT2D eigenvalue weighted by atomic mass is 9.95. The van der Waals surface area contributed by atoms with Crippen molar-refractivity contribution in [2.24, 2.45) is 5.92 Å². The van der Waals surface area contributed by atoms with Crippen LogP contribution in [-0.4, -0.2) is 46.8 Å². The number of rotatable bonds is 9. The Hall–Kier alpha value is -2.75. The summed E-state index contributed by atoms with van der Waals surface area (Å²) in [5.41, 5.74) is 1.26. The molecule has 182 valence electrons.